The van der Waals surface area contributed by atoms with Crippen LogP contribution >= 0.6 is 0 Å². The van der Waals surface area contributed by atoms with Gasteiger partial charge in [-0.25, -0.2) is 9.78 Å². The number of rotatable bonds is 2. The van der Waals surface area contributed by atoms with Gasteiger partial charge in [-0.15, -0.1) is 0 Å². The Morgan fingerprint density at radius 1 is 1.57 bits per heavy atom. The maximum Gasteiger partial charge on any atom is 0.337 e. The van der Waals surface area contributed by atoms with E-state index in [2.05, 4.69) is 4.98 Å². The second kappa shape index (κ2) is 3.14. The minimum atomic E-state index is -0.914. The summed E-state index contributed by atoms with van der Waals surface area (Å²) >= 11 is 0. The molecule has 0 aliphatic carbocycles. The number of pyridine rings is 1. The zero-order chi connectivity index (χ0) is 10.1. The summed E-state index contributed by atoms with van der Waals surface area (Å²) in [6.45, 7) is 1.99. The summed E-state index contributed by atoms with van der Waals surface area (Å²) < 4.78 is 1.81. The number of aromatic nitrogens is 2. The van der Waals surface area contributed by atoms with Gasteiger partial charge in [-0.05, 0) is 12.1 Å². The van der Waals surface area contributed by atoms with Crippen molar-refractivity contribution in [3.63, 3.8) is 0 Å². The molecule has 0 fully saturated rings. The first-order valence-electron chi connectivity index (χ1n) is 4.41. The van der Waals surface area contributed by atoms with Crippen LogP contribution in [0, 0.1) is 0 Å². The molecule has 1 N–H and O–H groups in total. The fourth-order valence-electron chi connectivity index (χ4n) is 1.43. The van der Waals surface area contributed by atoms with Gasteiger partial charge in [-0.1, -0.05) is 6.92 Å². The molecule has 14 heavy (non-hydrogen) atoms. The van der Waals surface area contributed by atoms with Crippen molar-refractivity contribution in [1.82, 2.24) is 9.38 Å². The van der Waals surface area contributed by atoms with E-state index >= 15 is 0 Å². The third-order valence-electron chi connectivity index (χ3n) is 2.17. The van der Waals surface area contributed by atoms with E-state index in [0.717, 1.165) is 17.8 Å². The standard InChI is InChI=1S/C10H10N2O2/c1-2-9-11-5-8-4-3-7(10(13)14)6-12(8)9/h3-6H,2H2,1H3,(H,13,14). The number of nitrogens with zero attached hydrogens (tertiary/aromatic N) is 2. The molecule has 0 aliphatic heterocycles. The van der Waals surface area contributed by atoms with Crippen molar-refractivity contribution in [2.24, 2.45) is 0 Å². The van der Waals surface area contributed by atoms with Crippen LogP contribution in [0.5, 0.6) is 0 Å². The second-order valence-corrected chi connectivity index (χ2v) is 3.05. The average Bonchev–Trinajstić information content (AvgIpc) is 2.59. The highest BCUT2D eigenvalue weighted by Crippen LogP contribution is 2.09. The Hall–Kier alpha value is -1.84. The van der Waals surface area contributed by atoms with E-state index in [1.807, 2.05) is 11.3 Å². The summed E-state index contributed by atoms with van der Waals surface area (Å²) in [7, 11) is 0. The molecule has 4 nitrogen and oxygen atoms in total. The van der Waals surface area contributed by atoms with Gasteiger partial charge in [0.25, 0.3) is 0 Å². The third-order valence-corrected chi connectivity index (χ3v) is 2.17. The van der Waals surface area contributed by atoms with Crippen molar-refractivity contribution < 1.29 is 9.90 Å². The number of aryl methyl sites for hydroxylation is 1. The first-order valence-corrected chi connectivity index (χ1v) is 4.41. The van der Waals surface area contributed by atoms with Gasteiger partial charge < -0.3 is 9.51 Å². The topological polar surface area (TPSA) is 54.6 Å². The zero-order valence-electron chi connectivity index (χ0n) is 7.77. The molecule has 2 rings (SSSR count). The zero-order valence-corrected chi connectivity index (χ0v) is 7.77. The minimum absolute atomic E-state index is 0.283. The maximum atomic E-state index is 10.7. The van der Waals surface area contributed by atoms with Crippen LogP contribution in [0.3, 0.4) is 0 Å². The van der Waals surface area contributed by atoms with Gasteiger partial charge in [-0.2, -0.15) is 0 Å². The lowest BCUT2D eigenvalue weighted by molar-refractivity contribution is 0.0696. The predicted octanol–water partition coefficient (Wildman–Crippen LogP) is 1.59. The third kappa shape index (κ3) is 1.25. The summed E-state index contributed by atoms with van der Waals surface area (Å²) in [6.07, 6.45) is 4.13. The van der Waals surface area contributed by atoms with Gasteiger partial charge in [0.15, 0.2) is 0 Å². The number of carboxylic acid groups (broad SMARTS) is 1. The van der Waals surface area contributed by atoms with Crippen LogP contribution in [-0.4, -0.2) is 20.5 Å². The molecule has 72 valence electrons. The second-order valence-electron chi connectivity index (χ2n) is 3.05. The van der Waals surface area contributed by atoms with Crippen LogP contribution in [0.1, 0.15) is 23.1 Å². The molecule has 4 heteroatoms. The molecule has 0 atom stereocenters. The molecule has 0 radical (unpaired) electrons. The van der Waals surface area contributed by atoms with Gasteiger partial charge >= 0.3 is 5.97 Å². The van der Waals surface area contributed by atoms with E-state index in [4.69, 9.17) is 5.11 Å². The number of carboxylic acids is 1. The van der Waals surface area contributed by atoms with E-state index in [1.54, 1.807) is 24.5 Å². The molecule has 0 saturated carbocycles. The Labute approximate surface area is 80.8 Å². The average molecular weight is 190 g/mol. The number of fused-ring (bicyclic) bond motifs is 1. The normalized spacial score (nSPS) is 10.6. The number of imidazole rings is 1. The number of hydrogen-bond donors (Lipinski definition) is 1. The summed E-state index contributed by atoms with van der Waals surface area (Å²) in [5, 5.41) is 8.81. The molecule has 2 aromatic heterocycles. The van der Waals surface area contributed by atoms with E-state index in [0.29, 0.717) is 0 Å². The molecule has 0 unspecified atom stereocenters. The molecule has 0 amide bonds. The van der Waals surface area contributed by atoms with Crippen molar-refractivity contribution in [2.45, 2.75) is 13.3 Å². The molecule has 2 heterocycles. The highest BCUT2D eigenvalue weighted by atomic mass is 16.4. The van der Waals surface area contributed by atoms with Crippen molar-refractivity contribution in [3.8, 4) is 0 Å². The first kappa shape index (κ1) is 8.74. The van der Waals surface area contributed by atoms with E-state index in [9.17, 15) is 4.79 Å². The summed E-state index contributed by atoms with van der Waals surface area (Å²) in [4.78, 5) is 14.9. The van der Waals surface area contributed by atoms with Crippen LogP contribution in [-0.2, 0) is 6.42 Å². The predicted molar refractivity (Wildman–Crippen MR) is 51.5 cm³/mol. The smallest absolute Gasteiger partial charge is 0.337 e. The Morgan fingerprint density at radius 2 is 2.36 bits per heavy atom. The Kier molecular flexibility index (Phi) is 1.96. The van der Waals surface area contributed by atoms with Crippen LogP contribution < -0.4 is 0 Å². The molecule has 0 aliphatic rings. The van der Waals surface area contributed by atoms with E-state index in [-0.39, 0.29) is 5.56 Å². The van der Waals surface area contributed by atoms with Gasteiger partial charge in [0.1, 0.15) is 5.82 Å². The van der Waals surface area contributed by atoms with Crippen molar-refractivity contribution in [3.05, 3.63) is 35.9 Å². The Morgan fingerprint density at radius 3 is 3.00 bits per heavy atom. The van der Waals surface area contributed by atoms with Crippen molar-refractivity contribution in [2.75, 3.05) is 0 Å². The SMILES string of the molecule is CCc1ncc2ccc(C(=O)O)cn12. The summed E-state index contributed by atoms with van der Waals surface area (Å²) in [5.41, 5.74) is 1.21. The van der Waals surface area contributed by atoms with Gasteiger partial charge in [0, 0.05) is 12.6 Å². The lowest BCUT2D eigenvalue weighted by Crippen LogP contribution is -2.00. The van der Waals surface area contributed by atoms with Crippen LogP contribution in [0.2, 0.25) is 0 Å². The number of carbonyl (C=O) groups is 1. The van der Waals surface area contributed by atoms with Crippen molar-refractivity contribution >= 4 is 11.5 Å². The molecule has 0 saturated heterocycles. The fraction of sp³-hybridized carbons (Fsp3) is 0.200. The lowest BCUT2D eigenvalue weighted by atomic mass is 10.3. The highest BCUT2D eigenvalue weighted by Gasteiger charge is 2.06. The lowest BCUT2D eigenvalue weighted by Gasteiger charge is -1.99. The monoisotopic (exact) mass is 190 g/mol. The molecule has 0 bridgehead atoms. The highest BCUT2D eigenvalue weighted by molar-refractivity contribution is 5.87. The summed E-state index contributed by atoms with van der Waals surface area (Å²) in [6, 6.07) is 3.34. The van der Waals surface area contributed by atoms with Crippen LogP contribution in [0.4, 0.5) is 0 Å². The van der Waals surface area contributed by atoms with Gasteiger partial charge in [-0.3, -0.25) is 0 Å². The fourth-order valence-corrected chi connectivity index (χ4v) is 1.43. The number of hydrogen-bond acceptors (Lipinski definition) is 2. The van der Waals surface area contributed by atoms with Crippen molar-refractivity contribution in [1.29, 1.82) is 0 Å². The summed E-state index contributed by atoms with van der Waals surface area (Å²) in [5.74, 6) is -0.0363. The van der Waals surface area contributed by atoms with Crippen LogP contribution in [0.15, 0.2) is 24.5 Å². The first-order chi connectivity index (χ1) is 6.72. The Bertz CT molecular complexity index is 488. The van der Waals surface area contributed by atoms with Crippen LogP contribution in [0.25, 0.3) is 5.52 Å². The van der Waals surface area contributed by atoms with Gasteiger partial charge in [0.05, 0.1) is 17.3 Å². The molecule has 0 spiro atoms. The minimum Gasteiger partial charge on any atom is -0.478 e. The largest absolute Gasteiger partial charge is 0.478 e. The molecule has 0 aromatic carbocycles. The maximum absolute atomic E-state index is 10.7. The van der Waals surface area contributed by atoms with E-state index in [1.165, 1.54) is 0 Å². The molecular formula is C10H10N2O2. The number of aromatic carboxylic acids is 1. The van der Waals surface area contributed by atoms with Gasteiger partial charge in [0.2, 0.25) is 0 Å². The quantitative estimate of drug-likeness (QED) is 0.782. The van der Waals surface area contributed by atoms with E-state index < -0.39 is 5.97 Å². The Balaban J connectivity index is 2.67. The molecular weight excluding hydrogens is 180 g/mol. The molecule has 2 aromatic rings.